The smallest absolute Gasteiger partial charge is 0.463 e. The van der Waals surface area contributed by atoms with Crippen LogP contribution < -0.4 is 0 Å². The predicted molar refractivity (Wildman–Crippen MR) is 462 cm³/mol. The van der Waals surface area contributed by atoms with Gasteiger partial charge in [-0.3, -0.25) is 28.2 Å². The van der Waals surface area contributed by atoms with Crippen LogP contribution in [0, 0.1) is 11.8 Å². The van der Waals surface area contributed by atoms with Gasteiger partial charge in [0.05, 0.1) is 13.2 Å². The molecule has 0 bridgehead atoms. The average Bonchev–Trinajstić information content (AvgIpc) is 0.754. The number of aliphatic hydroxyl groups is 9. The van der Waals surface area contributed by atoms with Gasteiger partial charge >= 0.3 is 31.7 Å². The van der Waals surface area contributed by atoms with E-state index in [9.17, 15) is 74.6 Å². The Bertz CT molecular complexity index is 2550. The van der Waals surface area contributed by atoms with Crippen LogP contribution >= 0.6 is 7.82 Å². The topological polar surface area (TPSA) is 380 Å². The number of rotatable bonds is 77. The number of esters is 4. The van der Waals surface area contributed by atoms with Gasteiger partial charge < -0.3 is 88.7 Å². The molecule has 3 aliphatic rings. The third-order valence-electron chi connectivity index (χ3n) is 24.1. The molecule has 3 rings (SSSR count). The maximum atomic E-state index is 14.9. The molecule has 25 nitrogen and oxygen atoms in total. The van der Waals surface area contributed by atoms with E-state index >= 15 is 0 Å². The van der Waals surface area contributed by atoms with Crippen LogP contribution in [0.3, 0.4) is 0 Å². The number of allylic oxidation sites excluding steroid dienone is 2. The highest BCUT2D eigenvalue weighted by molar-refractivity contribution is 7.47. The van der Waals surface area contributed by atoms with Crippen LogP contribution in [0.1, 0.15) is 414 Å². The molecule has 0 amide bonds. The third kappa shape index (κ3) is 51.0. The SMILES string of the molecule is CCCCCC/C=C\CCCCCCCCCC(=O)OC1C(O)C(O)C(OC2OC(CO)C(O)C(O)C2O)C(OP(=O)(O)OCC(COC(=O)CCCCCCCCC(C)CCCCCCCC)OC(=O)CCCCCCCCC(C)CCCCCCCC)C1OC1OC(COC(=O)CCCCCCCCCCCCCCC)C(O)C(O)C1O. The summed E-state index contributed by atoms with van der Waals surface area (Å²) in [7, 11) is -5.81. The van der Waals surface area contributed by atoms with Gasteiger partial charge in [-0.2, -0.15) is 0 Å². The second-order valence-corrected chi connectivity index (χ2v) is 36.5. The fraction of sp³-hybridized carbons (Fsp3) is 0.935. The predicted octanol–water partition coefficient (Wildman–Crippen LogP) is 18.0. The molecule has 0 radical (unpaired) electrons. The summed E-state index contributed by atoms with van der Waals surface area (Å²) in [6, 6.07) is 0. The molecule has 1 saturated carbocycles. The van der Waals surface area contributed by atoms with E-state index in [4.69, 9.17) is 46.9 Å². The first-order valence-corrected chi connectivity index (χ1v) is 49.7. The minimum atomic E-state index is -5.81. The lowest BCUT2D eigenvalue weighted by atomic mass is 9.84. The number of unbranched alkanes of at least 4 members (excludes halogenated alkanes) is 43. The molecular weight excluding hydrogens is 1550 g/mol. The van der Waals surface area contributed by atoms with Crippen molar-refractivity contribution in [1.82, 2.24) is 0 Å². The standard InChI is InChI=1S/C93H173O25P/c1-7-11-15-19-23-25-27-29-30-32-34-36-38-49-58-66-79(98)115-88-84(103)85(104)89(116-92-86(105)82(101)80(99)74(67-94)113-92)91(90(88)117-93-87(106)83(102)81(100)75(114-93)70-110-77(96)64-56-47-37-35-33-31-28-26-24-20-16-12-8-2)118-119(107,108)111-69-73(112-78(97)65-57-50-42-40-46-54-62-72(6)60-52-44-22-18-14-10-4)68-109-76(95)63-55-48-41-39-45-53-61-71(5)59-51-43-21-17-13-9-3/h25,27,71-75,80-94,99-106H,7-24,26,28-70H2,1-6H3,(H,107,108)/b27-25-. The van der Waals surface area contributed by atoms with Crippen molar-refractivity contribution in [3.05, 3.63) is 12.2 Å². The van der Waals surface area contributed by atoms with Crippen molar-refractivity contribution in [2.45, 2.75) is 518 Å². The molecule has 2 heterocycles. The van der Waals surface area contributed by atoms with E-state index in [0.29, 0.717) is 43.9 Å². The number of phosphoric acid groups is 1. The molecule has 0 aromatic rings. The van der Waals surface area contributed by atoms with Gasteiger partial charge in [-0.25, -0.2) is 4.57 Å². The maximum Gasteiger partial charge on any atom is 0.472 e. The van der Waals surface area contributed by atoms with E-state index in [1.54, 1.807) is 0 Å². The summed E-state index contributed by atoms with van der Waals surface area (Å²) >= 11 is 0. The van der Waals surface area contributed by atoms with Gasteiger partial charge in [-0.1, -0.05) is 349 Å². The van der Waals surface area contributed by atoms with Gasteiger partial charge in [-0.05, 0) is 63.2 Å². The van der Waals surface area contributed by atoms with Gasteiger partial charge in [0.25, 0.3) is 0 Å². The number of ether oxygens (including phenoxy) is 8. The van der Waals surface area contributed by atoms with Crippen molar-refractivity contribution in [2.24, 2.45) is 11.8 Å². The fourth-order valence-corrected chi connectivity index (χ4v) is 17.2. The van der Waals surface area contributed by atoms with Crippen LogP contribution in [0.5, 0.6) is 0 Å². The Balaban J connectivity index is 1.93. The molecule has 3 fully saturated rings. The molecule has 2 saturated heterocycles. The summed E-state index contributed by atoms with van der Waals surface area (Å²) in [5.41, 5.74) is 0. The van der Waals surface area contributed by atoms with Crippen molar-refractivity contribution in [2.75, 3.05) is 26.4 Å². The molecule has 1 aliphatic carbocycles. The fourth-order valence-electron chi connectivity index (χ4n) is 16.2. The van der Waals surface area contributed by atoms with Crippen LogP contribution in [0.25, 0.3) is 0 Å². The third-order valence-corrected chi connectivity index (χ3v) is 25.0. The first kappa shape index (κ1) is 110. The van der Waals surface area contributed by atoms with Crippen LogP contribution in [-0.2, 0) is 70.7 Å². The number of hydrogen-bond acceptors (Lipinski definition) is 24. The van der Waals surface area contributed by atoms with Gasteiger partial charge in [0, 0.05) is 25.7 Å². The average molecular weight is 1720 g/mol. The number of carbonyl (C=O) groups is 4. The van der Waals surface area contributed by atoms with Gasteiger partial charge in [0.15, 0.2) is 24.8 Å². The van der Waals surface area contributed by atoms with E-state index in [1.165, 1.54) is 173 Å². The lowest BCUT2D eigenvalue weighted by Crippen LogP contribution is -2.70. The molecule has 0 aromatic carbocycles. The van der Waals surface area contributed by atoms with Crippen LogP contribution in [-0.4, -0.2) is 205 Å². The van der Waals surface area contributed by atoms with Crippen LogP contribution in [0.2, 0.25) is 0 Å². The Morgan fingerprint density at radius 1 is 0.353 bits per heavy atom. The monoisotopic (exact) mass is 1720 g/mol. The Labute approximate surface area is 718 Å². The lowest BCUT2D eigenvalue weighted by molar-refractivity contribution is -0.360. The molecule has 119 heavy (non-hydrogen) atoms. The zero-order valence-corrected chi connectivity index (χ0v) is 75.9. The van der Waals surface area contributed by atoms with Crippen LogP contribution in [0.4, 0.5) is 0 Å². The second kappa shape index (κ2) is 70.3. The molecule has 10 N–H and O–H groups in total. The summed E-state index contributed by atoms with van der Waals surface area (Å²) in [5, 5.41) is 102. The highest BCUT2D eigenvalue weighted by atomic mass is 31.2. The summed E-state index contributed by atoms with van der Waals surface area (Å²) in [5.74, 6) is -1.60. The van der Waals surface area contributed by atoms with E-state index in [0.717, 1.165) is 141 Å². The van der Waals surface area contributed by atoms with Crippen molar-refractivity contribution in [3.8, 4) is 0 Å². The Morgan fingerprint density at radius 2 is 0.681 bits per heavy atom. The van der Waals surface area contributed by atoms with E-state index < -0.39 is 162 Å². The highest BCUT2D eigenvalue weighted by Gasteiger charge is 2.60. The van der Waals surface area contributed by atoms with Crippen molar-refractivity contribution in [3.63, 3.8) is 0 Å². The molecule has 26 heteroatoms. The molecule has 0 aromatic heterocycles. The summed E-state index contributed by atoms with van der Waals surface area (Å²) in [4.78, 5) is 66.6. The van der Waals surface area contributed by atoms with E-state index in [2.05, 4.69) is 53.7 Å². The quantitative estimate of drug-likeness (QED) is 0.00889. The molecule has 20 unspecified atom stereocenters. The lowest BCUT2D eigenvalue weighted by Gasteiger charge is -2.50. The van der Waals surface area contributed by atoms with Gasteiger partial charge in [0.1, 0.15) is 92.6 Å². The first-order valence-electron chi connectivity index (χ1n) is 48.2. The highest BCUT2D eigenvalue weighted by Crippen LogP contribution is 2.49. The molecule has 20 atom stereocenters. The molecule has 700 valence electrons. The molecular formula is C93H173O25P. The Kier molecular flexibility index (Phi) is 65.2. The van der Waals surface area contributed by atoms with Gasteiger partial charge in [-0.15, -0.1) is 0 Å². The Hall–Kier alpha value is -2.79. The maximum absolute atomic E-state index is 14.9. The number of carbonyl (C=O) groups excluding carboxylic acids is 4. The summed E-state index contributed by atoms with van der Waals surface area (Å²) in [6.45, 7) is 10.3. The zero-order chi connectivity index (χ0) is 87.1. The largest absolute Gasteiger partial charge is 0.472 e. The Morgan fingerprint density at radius 3 is 1.09 bits per heavy atom. The van der Waals surface area contributed by atoms with Crippen molar-refractivity contribution < 1.29 is 122 Å². The minimum Gasteiger partial charge on any atom is -0.463 e. The minimum absolute atomic E-state index is 0.0171. The van der Waals surface area contributed by atoms with E-state index in [1.807, 2.05) is 0 Å². The second-order valence-electron chi connectivity index (χ2n) is 35.1. The number of hydrogen-bond donors (Lipinski definition) is 10. The van der Waals surface area contributed by atoms with Crippen molar-refractivity contribution >= 4 is 31.7 Å². The summed E-state index contributed by atoms with van der Waals surface area (Å²) < 4.78 is 73.6. The molecule has 2 aliphatic heterocycles. The number of phosphoric ester groups is 1. The van der Waals surface area contributed by atoms with E-state index in [-0.39, 0.29) is 25.7 Å². The van der Waals surface area contributed by atoms with Crippen molar-refractivity contribution in [1.29, 1.82) is 0 Å². The molecule has 0 spiro atoms. The summed E-state index contributed by atoms with van der Waals surface area (Å²) in [6.07, 6.45) is 26.3. The number of aliphatic hydroxyl groups excluding tert-OH is 9. The van der Waals surface area contributed by atoms with Crippen LogP contribution in [0.15, 0.2) is 12.2 Å². The zero-order valence-electron chi connectivity index (χ0n) is 75.0. The normalized spacial score (nSPS) is 25.4. The first-order chi connectivity index (χ1) is 57.5. The van der Waals surface area contributed by atoms with Gasteiger partial charge in [0.2, 0.25) is 0 Å².